The van der Waals surface area contributed by atoms with Gasteiger partial charge < -0.3 is 44.5 Å². The van der Waals surface area contributed by atoms with Crippen molar-refractivity contribution in [2.75, 3.05) is 13.2 Å². The van der Waals surface area contributed by atoms with Gasteiger partial charge in [0.1, 0.15) is 31.0 Å². The van der Waals surface area contributed by atoms with E-state index in [2.05, 4.69) is 6.92 Å². The van der Waals surface area contributed by atoms with Gasteiger partial charge in [0.15, 0.2) is 6.29 Å². The molecule has 0 aromatic rings. The van der Waals surface area contributed by atoms with Crippen LogP contribution in [-0.4, -0.2) is 99.2 Å². The molecule has 2 heterocycles. The van der Waals surface area contributed by atoms with Crippen LogP contribution in [0.15, 0.2) is 11.6 Å². The lowest BCUT2D eigenvalue weighted by Gasteiger charge is -2.64. The Morgan fingerprint density at radius 2 is 1.81 bits per heavy atom. The maximum atomic E-state index is 12.6. The number of fused-ring (bicyclic) bond motifs is 5. The van der Waals surface area contributed by atoms with Crippen LogP contribution in [0.3, 0.4) is 0 Å². The lowest BCUT2D eigenvalue weighted by molar-refractivity contribution is -0.311. The molecule has 0 bridgehead atoms. The van der Waals surface area contributed by atoms with Crippen molar-refractivity contribution in [2.24, 2.45) is 34.5 Å². The van der Waals surface area contributed by atoms with Gasteiger partial charge in [0.2, 0.25) is 0 Å². The molecule has 0 unspecified atom stereocenters. The minimum absolute atomic E-state index is 0.00479. The predicted octanol–water partition coefficient (Wildman–Crippen LogP) is 1.36. The van der Waals surface area contributed by atoms with Gasteiger partial charge in [0.05, 0.1) is 24.4 Å². The van der Waals surface area contributed by atoms with Crippen LogP contribution in [0.4, 0.5) is 0 Å². The van der Waals surface area contributed by atoms with Crippen molar-refractivity contribution >= 4 is 11.9 Å². The Morgan fingerprint density at radius 3 is 2.51 bits per heavy atom. The summed E-state index contributed by atoms with van der Waals surface area (Å²) in [7, 11) is 0. The van der Waals surface area contributed by atoms with Crippen LogP contribution in [0.25, 0.3) is 0 Å². The third-order valence-electron chi connectivity index (χ3n) is 12.6. The van der Waals surface area contributed by atoms with Crippen LogP contribution in [0.2, 0.25) is 0 Å². The van der Waals surface area contributed by atoms with E-state index >= 15 is 0 Å². The van der Waals surface area contributed by atoms with Gasteiger partial charge in [-0.15, -0.1) is 0 Å². The summed E-state index contributed by atoms with van der Waals surface area (Å²) in [6.07, 6.45) is 0.981. The van der Waals surface area contributed by atoms with Gasteiger partial charge >= 0.3 is 11.9 Å². The van der Waals surface area contributed by atoms with Crippen molar-refractivity contribution in [3.05, 3.63) is 11.6 Å². The minimum atomic E-state index is -1.38. The molecule has 5 fully saturated rings. The Morgan fingerprint density at radius 1 is 1.05 bits per heavy atom. The van der Waals surface area contributed by atoms with E-state index in [1.807, 2.05) is 0 Å². The summed E-state index contributed by atoms with van der Waals surface area (Å²) >= 11 is 0. The fourth-order valence-corrected chi connectivity index (χ4v) is 10.2. The second-order valence-corrected chi connectivity index (χ2v) is 14.5. The molecule has 0 aromatic carbocycles. The molecule has 6 rings (SSSR count). The summed E-state index contributed by atoms with van der Waals surface area (Å²) in [5.41, 5.74) is -0.758. The Labute approximate surface area is 252 Å². The highest BCUT2D eigenvalue weighted by Gasteiger charge is 2.69. The van der Waals surface area contributed by atoms with Crippen molar-refractivity contribution in [3.63, 3.8) is 0 Å². The maximum absolute atomic E-state index is 12.6. The predicted molar refractivity (Wildman–Crippen MR) is 150 cm³/mol. The molecule has 0 radical (unpaired) electrons. The largest absolute Gasteiger partial charge is 0.463 e. The van der Waals surface area contributed by atoms with E-state index in [0.717, 1.165) is 37.7 Å². The number of ether oxygens (including phenoxy) is 4. The second-order valence-electron chi connectivity index (χ2n) is 14.5. The molecule has 4 aliphatic carbocycles. The number of carbonyl (C=O) groups excluding carboxylic acids is 2. The highest BCUT2D eigenvalue weighted by molar-refractivity contribution is 5.85. The molecule has 43 heavy (non-hydrogen) atoms. The Balaban J connectivity index is 1.24. The van der Waals surface area contributed by atoms with Gasteiger partial charge in [0, 0.05) is 16.9 Å². The van der Waals surface area contributed by atoms with Crippen molar-refractivity contribution in [1.82, 2.24) is 0 Å². The van der Waals surface area contributed by atoms with Gasteiger partial charge in [-0.2, -0.15) is 0 Å². The van der Waals surface area contributed by atoms with E-state index in [0.29, 0.717) is 32.3 Å². The molecule has 14 atom stereocenters. The molecule has 2 aliphatic heterocycles. The number of hydrogen-bond donors (Lipinski definition) is 5. The molecule has 242 valence electrons. The number of rotatable bonds is 6. The number of cyclic esters (lactones) is 1. The first-order valence-electron chi connectivity index (χ1n) is 16.1. The highest BCUT2D eigenvalue weighted by Crippen LogP contribution is 2.70. The average Bonchev–Trinajstić information content (AvgIpc) is 3.52. The highest BCUT2D eigenvalue weighted by atomic mass is 16.7. The number of hydrogen-bond acceptors (Lipinski definition) is 11. The fraction of sp³-hybridized carbons (Fsp3) is 0.875. The SMILES string of the molecule is C[C@@H](O)C(=O)OC[C@]12CC[C@H](O[C@@H]3O[C@H](C)[C@@H](O)[C@@H](O)[C@H]3O)C[C@@H]1CC[C@@H]1[C@@H]2CC[C@]2(C)[C@@H](C3=CC(=O)OC3)CC[C@]12O. The van der Waals surface area contributed by atoms with Crippen molar-refractivity contribution in [2.45, 2.75) is 127 Å². The maximum Gasteiger partial charge on any atom is 0.334 e. The number of aliphatic hydroxyl groups is 5. The third-order valence-corrected chi connectivity index (χ3v) is 12.6. The molecule has 11 heteroatoms. The Bertz CT molecular complexity index is 1120. The van der Waals surface area contributed by atoms with Gasteiger partial charge in [-0.05, 0) is 101 Å². The van der Waals surface area contributed by atoms with Gasteiger partial charge in [-0.1, -0.05) is 6.92 Å². The van der Waals surface area contributed by atoms with Crippen molar-refractivity contribution in [3.8, 4) is 0 Å². The summed E-state index contributed by atoms with van der Waals surface area (Å²) in [4.78, 5) is 24.4. The zero-order valence-corrected chi connectivity index (χ0v) is 25.4. The summed E-state index contributed by atoms with van der Waals surface area (Å²) in [5.74, 6) is -0.699. The van der Waals surface area contributed by atoms with Crippen molar-refractivity contribution in [1.29, 1.82) is 0 Å². The van der Waals surface area contributed by atoms with Gasteiger partial charge in [-0.3, -0.25) is 0 Å². The zero-order valence-electron chi connectivity index (χ0n) is 25.4. The molecule has 11 nitrogen and oxygen atoms in total. The fourth-order valence-electron chi connectivity index (χ4n) is 10.2. The molecule has 0 aromatic heterocycles. The van der Waals surface area contributed by atoms with E-state index in [4.69, 9.17) is 18.9 Å². The number of esters is 2. The quantitative estimate of drug-likeness (QED) is 0.218. The summed E-state index contributed by atoms with van der Waals surface area (Å²) in [6, 6.07) is 0. The first-order chi connectivity index (χ1) is 20.3. The topological polar surface area (TPSA) is 172 Å². The lowest BCUT2D eigenvalue weighted by atomic mass is 9.43. The van der Waals surface area contributed by atoms with E-state index in [1.54, 1.807) is 13.0 Å². The molecule has 4 saturated carbocycles. The van der Waals surface area contributed by atoms with E-state index < -0.39 is 59.2 Å². The van der Waals surface area contributed by atoms with E-state index in [9.17, 15) is 35.1 Å². The summed E-state index contributed by atoms with van der Waals surface area (Å²) in [5, 5.41) is 53.4. The second kappa shape index (κ2) is 11.3. The summed E-state index contributed by atoms with van der Waals surface area (Å²) in [6.45, 7) is 5.64. The Kier molecular flexibility index (Phi) is 8.27. The van der Waals surface area contributed by atoms with Crippen LogP contribution in [-0.2, 0) is 28.5 Å². The third kappa shape index (κ3) is 4.98. The van der Waals surface area contributed by atoms with E-state index in [-0.39, 0.29) is 42.4 Å². The molecule has 1 saturated heterocycles. The van der Waals surface area contributed by atoms with Crippen molar-refractivity contribution < 1.29 is 54.1 Å². The molecule has 0 spiro atoms. The average molecular weight is 609 g/mol. The molecule has 6 aliphatic rings. The molecular formula is C32H48O11. The van der Waals surface area contributed by atoms with Crippen LogP contribution < -0.4 is 0 Å². The van der Waals surface area contributed by atoms with E-state index in [1.165, 1.54) is 6.92 Å². The standard InChI is InChI=1S/C32H48O11/c1-16(33)28(38)41-15-31-10-6-20(43-29-27(37)26(36)25(35)17(2)42-29)13-19(31)4-5-23-22(31)7-9-30(3)21(8-11-32(23,30)39)18-12-24(34)40-14-18/h12,16-17,19-23,25-27,29,33,35-37,39H,4-11,13-15H2,1-3H3/t16-,17-,19+,20+,21-,22+,23-,25-,26-,27-,29+,30-,31-,32+/m1/s1. The first-order valence-corrected chi connectivity index (χ1v) is 16.1. The van der Waals surface area contributed by atoms with Crippen LogP contribution >= 0.6 is 0 Å². The smallest absolute Gasteiger partial charge is 0.334 e. The van der Waals surface area contributed by atoms with Crippen LogP contribution in [0.5, 0.6) is 0 Å². The molecule has 0 amide bonds. The zero-order chi connectivity index (χ0) is 30.9. The van der Waals surface area contributed by atoms with Gasteiger partial charge in [-0.25, -0.2) is 9.59 Å². The minimum Gasteiger partial charge on any atom is -0.463 e. The van der Waals surface area contributed by atoms with Crippen LogP contribution in [0.1, 0.15) is 78.6 Å². The molecular weight excluding hydrogens is 560 g/mol. The number of aliphatic hydroxyl groups excluding tert-OH is 4. The number of carbonyl (C=O) groups is 2. The van der Waals surface area contributed by atoms with Gasteiger partial charge in [0.25, 0.3) is 0 Å². The monoisotopic (exact) mass is 608 g/mol. The Hall–Kier alpha value is -1.60. The normalized spacial score (nSPS) is 50.1. The summed E-state index contributed by atoms with van der Waals surface area (Å²) < 4.78 is 23.0. The first kappa shape index (κ1) is 31.4. The lowest BCUT2D eigenvalue weighted by Crippen LogP contribution is -2.64. The van der Waals surface area contributed by atoms with Crippen LogP contribution in [0, 0.1) is 34.5 Å². The molecule has 5 N–H and O–H groups in total.